The Bertz CT molecular complexity index is 1230. The molecule has 1 aliphatic carbocycles. The molecule has 1 saturated carbocycles. The molecule has 1 aliphatic rings. The molecule has 0 saturated heterocycles. The average molecular weight is 599 g/mol. The number of hydrogen-bond donors (Lipinski definition) is 1. The lowest BCUT2D eigenvalue weighted by Gasteiger charge is -2.32. The molecule has 214 valence electrons. The first kappa shape index (κ1) is 31.0. The summed E-state index contributed by atoms with van der Waals surface area (Å²) < 4.78 is 31.5. The summed E-state index contributed by atoms with van der Waals surface area (Å²) in [6.07, 6.45) is 5.96. The standard InChI is InChI=1S/C28H37Cl2N3O5S/c1-4-26(28(35)31-21-8-5-6-9-21)32(19-20-11-16-24(29)25(30)18-20)27(34)10-7-17-33(39(3,36)37)22-12-14-23(38-2)15-13-22/h11-16,18,21,26H,4-10,17,19H2,1-3H3,(H,31,35)/t26-/m0/s1. The van der Waals surface area contributed by atoms with Gasteiger partial charge >= 0.3 is 0 Å². The largest absolute Gasteiger partial charge is 0.497 e. The van der Waals surface area contributed by atoms with Crippen LogP contribution >= 0.6 is 23.2 Å². The van der Waals surface area contributed by atoms with Crippen molar-refractivity contribution in [2.24, 2.45) is 0 Å². The minimum atomic E-state index is -3.58. The molecule has 11 heteroatoms. The topological polar surface area (TPSA) is 96.0 Å². The molecule has 3 rings (SSSR count). The number of nitrogens with zero attached hydrogens (tertiary/aromatic N) is 2. The fraction of sp³-hybridized carbons (Fsp3) is 0.500. The fourth-order valence-corrected chi connectivity index (χ4v) is 6.16. The summed E-state index contributed by atoms with van der Waals surface area (Å²) in [5.74, 6) is 0.202. The van der Waals surface area contributed by atoms with Gasteiger partial charge in [0.15, 0.2) is 0 Å². The number of sulfonamides is 1. The van der Waals surface area contributed by atoms with E-state index in [1.807, 2.05) is 6.92 Å². The Kier molecular flexibility index (Phi) is 11.3. The number of ether oxygens (including phenoxy) is 1. The number of nitrogens with one attached hydrogen (secondary N) is 1. The molecule has 0 aromatic heterocycles. The Morgan fingerprint density at radius 2 is 1.74 bits per heavy atom. The van der Waals surface area contributed by atoms with Gasteiger partial charge in [0.25, 0.3) is 0 Å². The predicted molar refractivity (Wildman–Crippen MR) is 156 cm³/mol. The molecule has 0 bridgehead atoms. The zero-order chi connectivity index (χ0) is 28.6. The van der Waals surface area contributed by atoms with E-state index in [-0.39, 0.29) is 43.8 Å². The highest BCUT2D eigenvalue weighted by Gasteiger charge is 2.31. The normalized spacial score (nSPS) is 14.6. The van der Waals surface area contributed by atoms with E-state index in [1.54, 1.807) is 47.4 Å². The van der Waals surface area contributed by atoms with Crippen LogP contribution in [0.1, 0.15) is 57.4 Å². The Balaban J connectivity index is 1.77. The van der Waals surface area contributed by atoms with Crippen molar-refractivity contribution in [1.82, 2.24) is 10.2 Å². The molecule has 2 amide bonds. The van der Waals surface area contributed by atoms with Crippen LogP contribution in [0.4, 0.5) is 5.69 Å². The first-order valence-electron chi connectivity index (χ1n) is 13.2. The molecule has 0 unspecified atom stereocenters. The van der Waals surface area contributed by atoms with Gasteiger partial charge in [0.1, 0.15) is 11.8 Å². The quantitative estimate of drug-likeness (QED) is 0.333. The van der Waals surface area contributed by atoms with Crippen LogP contribution in [0.15, 0.2) is 42.5 Å². The molecule has 2 aromatic carbocycles. The first-order valence-corrected chi connectivity index (χ1v) is 15.8. The molecule has 0 heterocycles. The Morgan fingerprint density at radius 3 is 2.31 bits per heavy atom. The van der Waals surface area contributed by atoms with Crippen LogP contribution in [0.3, 0.4) is 0 Å². The van der Waals surface area contributed by atoms with E-state index in [2.05, 4.69) is 5.32 Å². The van der Waals surface area contributed by atoms with E-state index in [9.17, 15) is 18.0 Å². The van der Waals surface area contributed by atoms with Gasteiger partial charge in [-0.2, -0.15) is 0 Å². The fourth-order valence-electron chi connectivity index (χ4n) is 4.87. The minimum Gasteiger partial charge on any atom is -0.497 e. The smallest absolute Gasteiger partial charge is 0.243 e. The molecular formula is C28H37Cl2N3O5S. The Hall–Kier alpha value is -2.49. The van der Waals surface area contributed by atoms with Crippen molar-refractivity contribution >= 4 is 50.7 Å². The van der Waals surface area contributed by atoms with Crippen LogP contribution in [0.5, 0.6) is 5.75 Å². The van der Waals surface area contributed by atoms with Crippen molar-refractivity contribution < 1.29 is 22.7 Å². The zero-order valence-electron chi connectivity index (χ0n) is 22.7. The predicted octanol–water partition coefficient (Wildman–Crippen LogP) is 5.41. The Morgan fingerprint density at radius 1 is 1.08 bits per heavy atom. The van der Waals surface area contributed by atoms with Crippen molar-refractivity contribution in [1.29, 1.82) is 0 Å². The number of benzene rings is 2. The number of rotatable bonds is 13. The van der Waals surface area contributed by atoms with Gasteiger partial charge < -0.3 is 15.0 Å². The number of anilines is 1. The van der Waals surface area contributed by atoms with Gasteiger partial charge in [-0.05, 0) is 67.6 Å². The minimum absolute atomic E-state index is 0.0662. The molecule has 0 spiro atoms. The van der Waals surface area contributed by atoms with Crippen molar-refractivity contribution in [2.45, 2.75) is 70.5 Å². The van der Waals surface area contributed by atoms with Crippen LogP contribution in [0.25, 0.3) is 0 Å². The lowest BCUT2D eigenvalue weighted by Crippen LogP contribution is -2.51. The van der Waals surface area contributed by atoms with Gasteiger partial charge in [-0.25, -0.2) is 8.42 Å². The zero-order valence-corrected chi connectivity index (χ0v) is 25.0. The van der Waals surface area contributed by atoms with E-state index in [0.717, 1.165) is 37.5 Å². The van der Waals surface area contributed by atoms with E-state index in [0.29, 0.717) is 27.9 Å². The second-order valence-electron chi connectivity index (χ2n) is 9.82. The maximum atomic E-state index is 13.6. The monoisotopic (exact) mass is 597 g/mol. The summed E-state index contributed by atoms with van der Waals surface area (Å²) in [7, 11) is -2.05. The van der Waals surface area contributed by atoms with E-state index in [4.69, 9.17) is 27.9 Å². The maximum Gasteiger partial charge on any atom is 0.243 e. The van der Waals surface area contributed by atoms with Crippen molar-refractivity contribution in [2.75, 3.05) is 24.2 Å². The third-order valence-electron chi connectivity index (χ3n) is 6.94. The number of methoxy groups -OCH3 is 1. The van der Waals surface area contributed by atoms with Crippen molar-refractivity contribution in [3.8, 4) is 5.75 Å². The molecule has 1 N–H and O–H groups in total. The van der Waals surface area contributed by atoms with Gasteiger partial charge in [0, 0.05) is 25.6 Å². The molecule has 8 nitrogen and oxygen atoms in total. The first-order chi connectivity index (χ1) is 18.5. The molecule has 2 aromatic rings. The van der Waals surface area contributed by atoms with Crippen LogP contribution in [-0.4, -0.2) is 57.1 Å². The number of carbonyl (C=O) groups excluding carboxylic acids is 2. The van der Waals surface area contributed by atoms with Gasteiger partial charge in [0.2, 0.25) is 21.8 Å². The highest BCUT2D eigenvalue weighted by atomic mass is 35.5. The van der Waals surface area contributed by atoms with Crippen LogP contribution in [0, 0.1) is 0 Å². The number of hydrogen-bond acceptors (Lipinski definition) is 5. The summed E-state index contributed by atoms with van der Waals surface area (Å²) in [6.45, 7) is 2.17. The second kappa shape index (κ2) is 14.2. The lowest BCUT2D eigenvalue weighted by molar-refractivity contribution is -0.141. The summed E-state index contributed by atoms with van der Waals surface area (Å²) in [4.78, 5) is 28.5. The van der Waals surface area contributed by atoms with Gasteiger partial charge in [-0.15, -0.1) is 0 Å². The lowest BCUT2D eigenvalue weighted by atomic mass is 10.1. The third kappa shape index (κ3) is 8.75. The molecule has 1 atom stereocenters. The van der Waals surface area contributed by atoms with Crippen LogP contribution in [-0.2, 0) is 26.2 Å². The molecule has 39 heavy (non-hydrogen) atoms. The van der Waals surface area contributed by atoms with Crippen LogP contribution < -0.4 is 14.4 Å². The van der Waals surface area contributed by atoms with Crippen molar-refractivity contribution in [3.05, 3.63) is 58.1 Å². The average Bonchev–Trinajstić information content (AvgIpc) is 3.41. The SMILES string of the molecule is CC[C@@H](C(=O)NC1CCCC1)N(Cc1ccc(Cl)c(Cl)c1)C(=O)CCCN(c1ccc(OC)cc1)S(C)(=O)=O. The van der Waals surface area contributed by atoms with E-state index >= 15 is 0 Å². The van der Waals surface area contributed by atoms with E-state index < -0.39 is 16.1 Å². The summed E-state index contributed by atoms with van der Waals surface area (Å²) in [6, 6.07) is 11.3. The molecule has 1 fully saturated rings. The second-order valence-corrected chi connectivity index (χ2v) is 12.5. The maximum absolute atomic E-state index is 13.6. The number of carbonyl (C=O) groups is 2. The number of halogens is 2. The molecular weight excluding hydrogens is 561 g/mol. The summed E-state index contributed by atoms with van der Waals surface area (Å²) >= 11 is 12.3. The summed E-state index contributed by atoms with van der Waals surface area (Å²) in [5, 5.41) is 3.89. The third-order valence-corrected chi connectivity index (χ3v) is 8.87. The van der Waals surface area contributed by atoms with Gasteiger partial charge in [0.05, 0.1) is 29.1 Å². The molecule has 0 radical (unpaired) electrons. The number of amides is 2. The highest BCUT2D eigenvalue weighted by molar-refractivity contribution is 7.92. The van der Waals surface area contributed by atoms with E-state index in [1.165, 1.54) is 11.4 Å². The van der Waals surface area contributed by atoms with Crippen molar-refractivity contribution in [3.63, 3.8) is 0 Å². The molecule has 0 aliphatic heterocycles. The highest BCUT2D eigenvalue weighted by Crippen LogP contribution is 2.26. The van der Waals surface area contributed by atoms with Crippen LogP contribution in [0.2, 0.25) is 10.0 Å². The van der Waals surface area contributed by atoms with Gasteiger partial charge in [-0.1, -0.05) is 49.0 Å². The Labute approximate surface area is 241 Å². The summed E-state index contributed by atoms with van der Waals surface area (Å²) in [5.41, 5.74) is 1.24. The van der Waals surface area contributed by atoms with Gasteiger partial charge in [-0.3, -0.25) is 13.9 Å².